The highest BCUT2D eigenvalue weighted by Gasteiger charge is 2.20. The maximum absolute atomic E-state index is 11.6. The zero-order chi connectivity index (χ0) is 12.3. The van der Waals surface area contributed by atoms with E-state index >= 15 is 0 Å². The summed E-state index contributed by atoms with van der Waals surface area (Å²) in [6.07, 6.45) is 0. The van der Waals surface area contributed by atoms with Crippen molar-refractivity contribution in [1.82, 2.24) is 10.4 Å². The third-order valence-corrected chi connectivity index (χ3v) is 2.48. The van der Waals surface area contributed by atoms with Crippen LogP contribution in [-0.2, 0) is 11.3 Å². The molecule has 0 aliphatic carbocycles. The lowest BCUT2D eigenvalue weighted by Gasteiger charge is -2.15. The molecule has 0 bridgehead atoms. The van der Waals surface area contributed by atoms with Crippen LogP contribution in [-0.4, -0.2) is 23.3 Å². The van der Waals surface area contributed by atoms with E-state index in [9.17, 15) is 4.79 Å². The summed E-state index contributed by atoms with van der Waals surface area (Å²) in [6.45, 7) is 6.52. The highest BCUT2D eigenvalue weighted by molar-refractivity contribution is 6.44. The Bertz CT molecular complexity index is 465. The van der Waals surface area contributed by atoms with Crippen LogP contribution in [0, 0.1) is 0 Å². The second-order valence-corrected chi connectivity index (χ2v) is 4.05. The lowest BCUT2D eigenvalue weighted by molar-refractivity contribution is -0.110. The molecule has 4 nitrogen and oxygen atoms in total. The summed E-state index contributed by atoms with van der Waals surface area (Å²) in [4.78, 5) is 15.8. The molecule has 0 radical (unpaired) electrons. The van der Waals surface area contributed by atoms with Gasteiger partial charge in [0.25, 0.3) is 0 Å². The van der Waals surface area contributed by atoms with Gasteiger partial charge in [0.15, 0.2) is 5.84 Å². The van der Waals surface area contributed by atoms with E-state index in [0.717, 1.165) is 6.54 Å². The van der Waals surface area contributed by atoms with Gasteiger partial charge in [0.2, 0.25) is 5.78 Å². The summed E-state index contributed by atoms with van der Waals surface area (Å²) in [6, 6.07) is 10.0. The number of nitrogens with one attached hydrogen (secondary N) is 1. The molecule has 1 aliphatic rings. The van der Waals surface area contributed by atoms with Crippen molar-refractivity contribution in [2.24, 2.45) is 4.99 Å². The summed E-state index contributed by atoms with van der Waals surface area (Å²) in [5, 5.41) is 1.89. The van der Waals surface area contributed by atoms with Crippen LogP contribution in [0.1, 0.15) is 12.5 Å². The Morgan fingerprint density at radius 2 is 2.18 bits per heavy atom. The molecule has 0 saturated carbocycles. The fraction of sp³-hybridized carbons (Fsp3) is 0.231. The van der Waals surface area contributed by atoms with Gasteiger partial charge in [-0.1, -0.05) is 36.9 Å². The largest absolute Gasteiger partial charge is 0.298 e. The fourth-order valence-electron chi connectivity index (χ4n) is 1.59. The number of rotatable bonds is 4. The van der Waals surface area contributed by atoms with Crippen LogP contribution in [0.15, 0.2) is 47.5 Å². The number of aliphatic imine (C=N–C) groups is 1. The molecule has 0 atom stereocenters. The third kappa shape index (κ3) is 2.79. The van der Waals surface area contributed by atoms with Gasteiger partial charge in [-0.15, -0.1) is 0 Å². The van der Waals surface area contributed by atoms with Crippen LogP contribution in [0.4, 0.5) is 0 Å². The predicted octanol–water partition coefficient (Wildman–Crippen LogP) is 1.51. The maximum Gasteiger partial charge on any atom is 0.224 e. The predicted molar refractivity (Wildman–Crippen MR) is 67.2 cm³/mol. The van der Waals surface area contributed by atoms with Crippen LogP contribution in [0.3, 0.4) is 0 Å². The van der Waals surface area contributed by atoms with Gasteiger partial charge in [-0.2, -0.15) is 5.01 Å². The monoisotopic (exact) mass is 229 g/mol. The summed E-state index contributed by atoms with van der Waals surface area (Å²) < 4.78 is 0. The molecule has 1 aromatic carbocycles. The number of benzene rings is 1. The number of carbonyl (C=O) groups is 1. The SMILES string of the molecule is C=C(C)C(=O)C1=NCN(Cc2ccccc2)N1. The molecule has 4 heteroatoms. The molecule has 0 unspecified atom stereocenters. The van der Waals surface area contributed by atoms with Crippen molar-refractivity contribution in [1.29, 1.82) is 0 Å². The van der Waals surface area contributed by atoms with E-state index in [-0.39, 0.29) is 5.78 Å². The van der Waals surface area contributed by atoms with E-state index in [1.807, 2.05) is 35.3 Å². The standard InChI is InChI=1S/C13H15N3O/c1-10(2)12(17)13-14-9-16(15-13)8-11-6-4-3-5-7-11/h3-7H,1,8-9H2,2H3,(H,14,15). The van der Waals surface area contributed by atoms with Crippen molar-refractivity contribution in [2.75, 3.05) is 6.67 Å². The molecule has 0 spiro atoms. The highest BCUT2D eigenvalue weighted by Crippen LogP contribution is 2.06. The number of ketones is 1. The quantitative estimate of drug-likeness (QED) is 0.796. The van der Waals surface area contributed by atoms with Gasteiger partial charge < -0.3 is 0 Å². The van der Waals surface area contributed by atoms with Crippen LogP contribution in [0.25, 0.3) is 0 Å². The summed E-state index contributed by atoms with van der Waals surface area (Å²) in [7, 11) is 0. The lowest BCUT2D eigenvalue weighted by atomic mass is 10.2. The Morgan fingerprint density at radius 3 is 2.82 bits per heavy atom. The van der Waals surface area contributed by atoms with Gasteiger partial charge in [-0.3, -0.25) is 10.2 Å². The summed E-state index contributed by atoms with van der Waals surface area (Å²) >= 11 is 0. The molecule has 1 aromatic rings. The summed E-state index contributed by atoms with van der Waals surface area (Å²) in [5.41, 5.74) is 4.67. The minimum atomic E-state index is -0.124. The Balaban J connectivity index is 1.93. The zero-order valence-electron chi connectivity index (χ0n) is 9.81. The summed E-state index contributed by atoms with van der Waals surface area (Å²) in [5.74, 6) is 0.258. The van der Waals surface area contributed by atoms with E-state index < -0.39 is 0 Å². The number of hydrogen-bond donors (Lipinski definition) is 1. The first-order chi connectivity index (χ1) is 8.16. The van der Waals surface area contributed by atoms with E-state index in [1.165, 1.54) is 5.56 Å². The minimum absolute atomic E-state index is 0.124. The Morgan fingerprint density at radius 1 is 1.47 bits per heavy atom. The molecule has 0 saturated heterocycles. The highest BCUT2D eigenvalue weighted by atomic mass is 16.1. The van der Waals surface area contributed by atoms with Gasteiger partial charge in [-0.25, -0.2) is 4.99 Å². The number of amidine groups is 1. The number of hydrogen-bond acceptors (Lipinski definition) is 4. The number of nitrogens with zero attached hydrogens (tertiary/aromatic N) is 2. The first-order valence-corrected chi connectivity index (χ1v) is 5.47. The average molecular weight is 229 g/mol. The lowest BCUT2D eigenvalue weighted by Crippen LogP contribution is -2.38. The maximum atomic E-state index is 11.6. The van der Waals surface area contributed by atoms with Crippen LogP contribution < -0.4 is 5.43 Å². The molecule has 88 valence electrons. The molecule has 0 fully saturated rings. The van der Waals surface area contributed by atoms with E-state index in [4.69, 9.17) is 0 Å². The Labute approximate surface area is 101 Å². The second kappa shape index (κ2) is 4.93. The Kier molecular flexibility index (Phi) is 3.35. The van der Waals surface area contributed by atoms with E-state index in [2.05, 4.69) is 17.0 Å². The topological polar surface area (TPSA) is 44.7 Å². The van der Waals surface area contributed by atoms with Crippen molar-refractivity contribution in [3.05, 3.63) is 48.0 Å². The van der Waals surface area contributed by atoms with Crippen molar-refractivity contribution in [3.8, 4) is 0 Å². The van der Waals surface area contributed by atoms with Gasteiger partial charge in [0.05, 0.1) is 0 Å². The number of carbonyl (C=O) groups excluding carboxylic acids is 1. The van der Waals surface area contributed by atoms with Crippen LogP contribution in [0.2, 0.25) is 0 Å². The van der Waals surface area contributed by atoms with Crippen LogP contribution >= 0.6 is 0 Å². The van der Waals surface area contributed by atoms with Crippen molar-refractivity contribution in [2.45, 2.75) is 13.5 Å². The minimum Gasteiger partial charge on any atom is -0.298 e. The molecule has 2 rings (SSSR count). The first-order valence-electron chi connectivity index (χ1n) is 5.47. The molecule has 0 aromatic heterocycles. The van der Waals surface area contributed by atoms with Crippen molar-refractivity contribution >= 4 is 11.6 Å². The van der Waals surface area contributed by atoms with Crippen molar-refractivity contribution < 1.29 is 4.79 Å². The van der Waals surface area contributed by atoms with Gasteiger partial charge in [0, 0.05) is 6.54 Å². The fourth-order valence-corrected chi connectivity index (χ4v) is 1.59. The van der Waals surface area contributed by atoms with Crippen LogP contribution in [0.5, 0.6) is 0 Å². The zero-order valence-corrected chi connectivity index (χ0v) is 9.81. The van der Waals surface area contributed by atoms with Gasteiger partial charge >= 0.3 is 0 Å². The van der Waals surface area contributed by atoms with Crippen molar-refractivity contribution in [3.63, 3.8) is 0 Å². The molecule has 1 heterocycles. The van der Waals surface area contributed by atoms with E-state index in [0.29, 0.717) is 18.1 Å². The molecule has 0 amide bonds. The second-order valence-electron chi connectivity index (χ2n) is 4.05. The molecule has 17 heavy (non-hydrogen) atoms. The Hall–Kier alpha value is -1.94. The molecular formula is C13H15N3O. The van der Waals surface area contributed by atoms with Gasteiger partial charge in [0.1, 0.15) is 6.67 Å². The molecule has 1 aliphatic heterocycles. The molecule has 1 N–H and O–H groups in total. The van der Waals surface area contributed by atoms with E-state index in [1.54, 1.807) is 6.92 Å². The van der Waals surface area contributed by atoms with Gasteiger partial charge in [-0.05, 0) is 18.1 Å². The first kappa shape index (κ1) is 11.5. The number of hydrazine groups is 1. The third-order valence-electron chi connectivity index (χ3n) is 2.48. The molecular weight excluding hydrogens is 214 g/mol. The smallest absolute Gasteiger partial charge is 0.224 e. The number of Topliss-reactive ketones (excluding diaryl/α,β-unsaturated/α-hetero) is 1. The normalized spacial score (nSPS) is 15.2. The average Bonchev–Trinajstić information content (AvgIpc) is 2.77.